The Hall–Kier alpha value is -2.16. The average molecular weight is 313 g/mol. The molecule has 0 aliphatic rings. The van der Waals surface area contributed by atoms with Crippen LogP contribution in [0.1, 0.15) is 25.6 Å². The Morgan fingerprint density at radius 1 is 1.32 bits per heavy atom. The van der Waals surface area contributed by atoms with E-state index in [2.05, 4.69) is 20.4 Å². The van der Waals surface area contributed by atoms with Gasteiger partial charge in [-0.25, -0.2) is 8.78 Å². The van der Waals surface area contributed by atoms with Crippen molar-refractivity contribution in [3.8, 4) is 5.75 Å². The molecule has 0 saturated heterocycles. The van der Waals surface area contributed by atoms with E-state index in [4.69, 9.17) is 4.74 Å². The van der Waals surface area contributed by atoms with Gasteiger partial charge in [0.25, 0.3) is 6.43 Å². The molecule has 120 valence electrons. The van der Waals surface area contributed by atoms with E-state index in [1.807, 2.05) is 13.8 Å². The third-order valence-corrected chi connectivity index (χ3v) is 2.84. The zero-order chi connectivity index (χ0) is 16.1. The highest BCUT2D eigenvalue weighted by Gasteiger charge is 2.33. The van der Waals surface area contributed by atoms with E-state index < -0.39 is 18.6 Å². The largest absolute Gasteiger partial charge is 0.492 e. The zero-order valence-corrected chi connectivity index (χ0v) is 12.2. The molecule has 1 N–H and O–H groups in total. The molecule has 0 amide bonds. The van der Waals surface area contributed by atoms with Crippen LogP contribution in [0.2, 0.25) is 0 Å². The van der Waals surface area contributed by atoms with E-state index >= 15 is 0 Å². The first-order valence-electron chi connectivity index (χ1n) is 6.76. The van der Waals surface area contributed by atoms with Crippen molar-refractivity contribution >= 4 is 0 Å². The fraction of sp³-hybridized carbons (Fsp3) is 0.538. The van der Waals surface area contributed by atoms with Crippen LogP contribution < -0.4 is 4.74 Å². The van der Waals surface area contributed by atoms with Crippen LogP contribution in [0, 0.1) is 5.92 Å². The van der Waals surface area contributed by atoms with Gasteiger partial charge in [-0.3, -0.25) is 4.98 Å². The van der Waals surface area contributed by atoms with Gasteiger partial charge in [-0.15, -0.1) is 10.2 Å². The molecule has 0 radical (unpaired) electrons. The summed E-state index contributed by atoms with van der Waals surface area (Å²) in [6, 6.07) is 1.88. The van der Waals surface area contributed by atoms with Gasteiger partial charge in [0, 0.05) is 0 Å². The predicted molar refractivity (Wildman–Crippen MR) is 72.5 cm³/mol. The van der Waals surface area contributed by atoms with Crippen molar-refractivity contribution in [1.82, 2.24) is 25.2 Å². The highest BCUT2D eigenvalue weighted by atomic mass is 19.3. The topological polar surface area (TPSA) is 86.0 Å². The van der Waals surface area contributed by atoms with Crippen molar-refractivity contribution < 1.29 is 18.6 Å². The van der Waals surface area contributed by atoms with Crippen LogP contribution in [0.4, 0.5) is 8.78 Å². The second-order valence-corrected chi connectivity index (χ2v) is 5.15. The fourth-order valence-electron chi connectivity index (χ4n) is 1.79. The van der Waals surface area contributed by atoms with Gasteiger partial charge in [0.15, 0.2) is 6.33 Å². The normalized spacial score (nSPS) is 14.3. The van der Waals surface area contributed by atoms with Gasteiger partial charge in [-0.1, -0.05) is 13.8 Å². The number of hydrogen-bond acceptors (Lipinski definition) is 6. The molecule has 0 spiro atoms. The lowest BCUT2D eigenvalue weighted by molar-refractivity contribution is -0.0319. The molecular weight excluding hydrogens is 296 g/mol. The summed E-state index contributed by atoms with van der Waals surface area (Å²) < 4.78 is 31.2. The molecule has 2 rings (SSSR count). The monoisotopic (exact) mass is 313 g/mol. The van der Waals surface area contributed by atoms with E-state index in [-0.39, 0.29) is 5.69 Å². The maximum atomic E-state index is 12.9. The molecule has 0 saturated carbocycles. The number of rotatable bonds is 7. The minimum absolute atomic E-state index is 0.197. The number of nitrogens with zero attached hydrogens (tertiary/aromatic N) is 5. The van der Waals surface area contributed by atoms with E-state index in [9.17, 15) is 13.9 Å². The number of ether oxygens (including phenoxy) is 1. The van der Waals surface area contributed by atoms with Crippen molar-refractivity contribution in [2.45, 2.75) is 32.4 Å². The second-order valence-electron chi connectivity index (χ2n) is 5.15. The first kappa shape index (κ1) is 16.2. The molecule has 0 bridgehead atoms. The summed E-state index contributed by atoms with van der Waals surface area (Å²) in [7, 11) is 0. The molecule has 2 unspecified atom stereocenters. The Labute approximate surface area is 125 Å². The highest BCUT2D eigenvalue weighted by Crippen LogP contribution is 2.24. The number of pyridine rings is 1. The van der Waals surface area contributed by atoms with Gasteiger partial charge in [-0.05, 0) is 23.3 Å². The van der Waals surface area contributed by atoms with Crippen LogP contribution in [-0.4, -0.2) is 49.4 Å². The Morgan fingerprint density at radius 3 is 2.59 bits per heavy atom. The Balaban J connectivity index is 2.21. The minimum atomic E-state index is -2.96. The smallest absolute Gasteiger partial charge is 0.266 e. The summed E-state index contributed by atoms with van der Waals surface area (Å²) in [6.07, 6.45) is -2.44. The number of aliphatic hydroxyl groups excluding tert-OH is 1. The Kier molecular flexibility index (Phi) is 5.31. The van der Waals surface area contributed by atoms with Crippen molar-refractivity contribution in [1.29, 1.82) is 0 Å². The molecule has 0 aromatic carbocycles. The molecule has 0 aliphatic heterocycles. The number of aliphatic hydroxyl groups is 1. The highest BCUT2D eigenvalue weighted by molar-refractivity contribution is 5.22. The van der Waals surface area contributed by atoms with Crippen LogP contribution in [0.25, 0.3) is 0 Å². The first-order chi connectivity index (χ1) is 10.5. The van der Waals surface area contributed by atoms with Crippen LogP contribution in [0.5, 0.6) is 5.75 Å². The second kappa shape index (κ2) is 7.21. The van der Waals surface area contributed by atoms with Gasteiger partial charge >= 0.3 is 0 Å². The summed E-state index contributed by atoms with van der Waals surface area (Å²) in [6.45, 7) is 4.54. The molecule has 9 heteroatoms. The summed E-state index contributed by atoms with van der Waals surface area (Å²) in [5.74, 6) is 0.877. The average Bonchev–Trinajstić information content (AvgIpc) is 3.00. The van der Waals surface area contributed by atoms with E-state index in [1.54, 1.807) is 6.07 Å². The number of alkyl halides is 2. The zero-order valence-electron chi connectivity index (χ0n) is 12.2. The summed E-state index contributed by atoms with van der Waals surface area (Å²) in [4.78, 5) is 4.98. The molecule has 2 aromatic rings. The molecular formula is C13H17F2N5O2. The number of hydrogen-bond donors (Lipinski definition) is 1. The van der Waals surface area contributed by atoms with Crippen molar-refractivity contribution in [2.24, 2.45) is 5.92 Å². The molecule has 7 nitrogen and oxygen atoms in total. The van der Waals surface area contributed by atoms with Crippen LogP contribution in [-0.2, 0) is 0 Å². The SMILES string of the molecule is CC(C)COc1ccc(C(C(O)C(F)F)n2ncnn2)nc1. The summed E-state index contributed by atoms with van der Waals surface area (Å²) >= 11 is 0. The quantitative estimate of drug-likeness (QED) is 0.829. The third kappa shape index (κ3) is 3.94. The lowest BCUT2D eigenvalue weighted by atomic mass is 10.1. The third-order valence-electron chi connectivity index (χ3n) is 2.84. The maximum absolute atomic E-state index is 12.9. The van der Waals surface area contributed by atoms with Gasteiger partial charge < -0.3 is 9.84 Å². The standard InChI is InChI=1S/C13H17F2N5O2/c1-8(2)6-22-9-3-4-10(16-5-9)11(12(21)13(14)15)20-18-7-17-19-20/h3-5,7-8,11-13,21H,6H2,1-2H3. The molecule has 0 aliphatic carbocycles. The predicted octanol–water partition coefficient (Wildman–Crippen LogP) is 1.32. The summed E-state index contributed by atoms with van der Waals surface area (Å²) in [5, 5.41) is 20.5. The van der Waals surface area contributed by atoms with Crippen LogP contribution in [0.3, 0.4) is 0 Å². The maximum Gasteiger partial charge on any atom is 0.266 e. The van der Waals surface area contributed by atoms with Crippen LogP contribution >= 0.6 is 0 Å². The van der Waals surface area contributed by atoms with Gasteiger partial charge in [0.2, 0.25) is 0 Å². The van der Waals surface area contributed by atoms with Crippen LogP contribution in [0.15, 0.2) is 24.7 Å². The van der Waals surface area contributed by atoms with Gasteiger partial charge in [0.1, 0.15) is 17.9 Å². The van der Waals surface area contributed by atoms with Gasteiger partial charge in [0.05, 0.1) is 18.5 Å². The molecule has 22 heavy (non-hydrogen) atoms. The van der Waals surface area contributed by atoms with Gasteiger partial charge in [-0.2, -0.15) is 4.80 Å². The van der Waals surface area contributed by atoms with E-state index in [0.29, 0.717) is 18.3 Å². The molecule has 2 atom stereocenters. The Morgan fingerprint density at radius 2 is 2.09 bits per heavy atom. The number of aromatic nitrogens is 5. The van der Waals surface area contributed by atoms with E-state index in [0.717, 1.165) is 11.1 Å². The molecule has 2 heterocycles. The van der Waals surface area contributed by atoms with Crippen molar-refractivity contribution in [2.75, 3.05) is 6.61 Å². The summed E-state index contributed by atoms with van der Waals surface area (Å²) in [5.41, 5.74) is 0.197. The lowest BCUT2D eigenvalue weighted by Gasteiger charge is -2.20. The number of tetrazole rings is 1. The Bertz CT molecular complexity index is 562. The van der Waals surface area contributed by atoms with E-state index in [1.165, 1.54) is 12.3 Å². The first-order valence-corrected chi connectivity index (χ1v) is 6.76. The number of halogens is 2. The van der Waals surface area contributed by atoms with Crippen molar-refractivity contribution in [3.63, 3.8) is 0 Å². The fourth-order valence-corrected chi connectivity index (χ4v) is 1.79. The van der Waals surface area contributed by atoms with Crippen molar-refractivity contribution in [3.05, 3.63) is 30.4 Å². The lowest BCUT2D eigenvalue weighted by Crippen LogP contribution is -2.33. The minimum Gasteiger partial charge on any atom is -0.492 e. The molecule has 0 fully saturated rings. The molecule has 2 aromatic heterocycles.